The van der Waals surface area contributed by atoms with E-state index in [-0.39, 0.29) is 17.7 Å². The minimum Gasteiger partial charge on any atom is -0.443 e. The number of amides is 1. The fraction of sp³-hybridized carbons (Fsp3) is 0.462. The molecule has 2 aliphatic rings. The summed E-state index contributed by atoms with van der Waals surface area (Å²) in [5.41, 5.74) is 0.905. The average Bonchev–Trinajstić information content (AvgIpc) is 2.67. The van der Waals surface area contributed by atoms with Crippen LogP contribution in [0.4, 0.5) is 4.79 Å². The molecule has 16 heavy (non-hydrogen) atoms. The van der Waals surface area contributed by atoms with Gasteiger partial charge in [0.15, 0.2) is 0 Å². The molecule has 2 fully saturated rings. The number of hydrogen-bond donors (Lipinski definition) is 1. The molecule has 0 bridgehead atoms. The zero-order valence-corrected chi connectivity index (χ0v) is 9.11. The van der Waals surface area contributed by atoms with Gasteiger partial charge in [0.05, 0.1) is 0 Å². The lowest BCUT2D eigenvalue weighted by Gasteiger charge is -2.36. The first-order valence-electron chi connectivity index (χ1n) is 5.86. The Kier molecular flexibility index (Phi) is 2.13. The molecule has 2 unspecified atom stereocenters. The minimum atomic E-state index is -0.268. The summed E-state index contributed by atoms with van der Waals surface area (Å²) >= 11 is 0. The summed E-state index contributed by atoms with van der Waals surface area (Å²) in [6.45, 7) is 0. The molecule has 0 spiro atoms. The lowest BCUT2D eigenvalue weighted by atomic mass is 9.75. The highest BCUT2D eigenvalue weighted by Crippen LogP contribution is 2.42. The largest absolute Gasteiger partial charge is 0.443 e. The molecular formula is C13H15NO2. The van der Waals surface area contributed by atoms with Crippen molar-refractivity contribution in [1.82, 2.24) is 5.32 Å². The Morgan fingerprint density at radius 3 is 2.88 bits per heavy atom. The van der Waals surface area contributed by atoms with Crippen molar-refractivity contribution in [1.29, 1.82) is 0 Å². The first-order valence-corrected chi connectivity index (χ1v) is 5.86. The molecule has 1 amide bonds. The van der Waals surface area contributed by atoms with E-state index >= 15 is 0 Å². The summed E-state index contributed by atoms with van der Waals surface area (Å²) < 4.78 is 5.37. The third kappa shape index (κ3) is 1.31. The summed E-state index contributed by atoms with van der Waals surface area (Å²) in [5.74, 6) is 0. The number of carbonyl (C=O) groups excluding carboxylic acids is 1. The normalized spacial score (nSPS) is 32.8. The van der Waals surface area contributed by atoms with E-state index in [1.54, 1.807) is 0 Å². The molecule has 1 saturated heterocycles. The van der Waals surface area contributed by atoms with Gasteiger partial charge in [-0.1, -0.05) is 36.8 Å². The van der Waals surface area contributed by atoms with Crippen molar-refractivity contribution in [2.45, 2.75) is 37.3 Å². The highest BCUT2D eigenvalue weighted by atomic mass is 16.6. The van der Waals surface area contributed by atoms with Gasteiger partial charge in [-0.3, -0.25) is 0 Å². The number of alkyl carbamates (subject to hydrolysis) is 1. The Morgan fingerprint density at radius 2 is 2.06 bits per heavy atom. The molecule has 1 saturated carbocycles. The van der Waals surface area contributed by atoms with Gasteiger partial charge in [-0.15, -0.1) is 0 Å². The zero-order valence-electron chi connectivity index (χ0n) is 9.11. The van der Waals surface area contributed by atoms with Crippen LogP contribution in [0.1, 0.15) is 31.2 Å². The van der Waals surface area contributed by atoms with Crippen LogP contribution in [0.3, 0.4) is 0 Å². The van der Waals surface area contributed by atoms with Gasteiger partial charge in [0.25, 0.3) is 0 Å². The Balaban J connectivity index is 2.03. The summed E-state index contributed by atoms with van der Waals surface area (Å²) in [7, 11) is 0. The third-order valence-corrected chi connectivity index (χ3v) is 3.70. The standard InChI is InChI=1S/C13H15NO2/c15-12-14-13(10-6-2-1-3-7-10)9-5-4-8-11(13)16-12/h1-3,6-7,11H,4-5,8-9H2,(H,14,15). The molecule has 3 nitrogen and oxygen atoms in total. The van der Waals surface area contributed by atoms with E-state index in [2.05, 4.69) is 17.4 Å². The Morgan fingerprint density at radius 1 is 1.25 bits per heavy atom. The van der Waals surface area contributed by atoms with Crippen molar-refractivity contribution in [3.05, 3.63) is 35.9 Å². The maximum atomic E-state index is 11.5. The SMILES string of the molecule is O=C1NC2(c3ccccc3)CCCCC2O1. The zero-order chi connectivity index (χ0) is 11.0. The van der Waals surface area contributed by atoms with Crippen LogP contribution < -0.4 is 5.32 Å². The van der Waals surface area contributed by atoms with Crippen LogP contribution in [0.2, 0.25) is 0 Å². The van der Waals surface area contributed by atoms with E-state index in [4.69, 9.17) is 4.74 Å². The fourth-order valence-corrected chi connectivity index (χ4v) is 2.92. The van der Waals surface area contributed by atoms with E-state index < -0.39 is 0 Å². The van der Waals surface area contributed by atoms with Crippen molar-refractivity contribution < 1.29 is 9.53 Å². The van der Waals surface area contributed by atoms with Crippen molar-refractivity contribution in [3.8, 4) is 0 Å². The van der Waals surface area contributed by atoms with Gasteiger partial charge in [0.2, 0.25) is 0 Å². The lowest BCUT2D eigenvalue weighted by Crippen LogP contribution is -2.47. The van der Waals surface area contributed by atoms with Crippen molar-refractivity contribution in [2.75, 3.05) is 0 Å². The number of rotatable bonds is 1. The molecule has 0 aromatic heterocycles. The highest BCUT2D eigenvalue weighted by molar-refractivity contribution is 5.72. The van der Waals surface area contributed by atoms with Crippen molar-refractivity contribution in [2.24, 2.45) is 0 Å². The Hall–Kier alpha value is -1.51. The molecule has 1 aliphatic heterocycles. The molecule has 1 heterocycles. The van der Waals surface area contributed by atoms with Gasteiger partial charge < -0.3 is 10.1 Å². The van der Waals surface area contributed by atoms with E-state index in [1.165, 1.54) is 5.56 Å². The van der Waals surface area contributed by atoms with Crippen LogP contribution in [0, 0.1) is 0 Å². The van der Waals surface area contributed by atoms with Gasteiger partial charge in [-0.25, -0.2) is 4.79 Å². The van der Waals surface area contributed by atoms with E-state index in [0.29, 0.717) is 0 Å². The predicted molar refractivity (Wildman–Crippen MR) is 60.0 cm³/mol. The second-order valence-corrected chi connectivity index (χ2v) is 4.60. The maximum Gasteiger partial charge on any atom is 0.408 e. The lowest BCUT2D eigenvalue weighted by molar-refractivity contribution is 0.0765. The number of hydrogen-bond acceptors (Lipinski definition) is 2. The summed E-state index contributed by atoms with van der Waals surface area (Å²) in [6.07, 6.45) is 3.98. The third-order valence-electron chi connectivity index (χ3n) is 3.70. The van der Waals surface area contributed by atoms with E-state index in [1.807, 2.05) is 18.2 Å². The van der Waals surface area contributed by atoms with Gasteiger partial charge in [0, 0.05) is 0 Å². The van der Waals surface area contributed by atoms with E-state index in [0.717, 1.165) is 25.7 Å². The topological polar surface area (TPSA) is 38.3 Å². The predicted octanol–water partition coefficient (Wildman–Crippen LogP) is 2.56. The number of benzene rings is 1. The fourth-order valence-electron chi connectivity index (χ4n) is 2.92. The number of fused-ring (bicyclic) bond motifs is 1. The quantitative estimate of drug-likeness (QED) is 0.785. The smallest absolute Gasteiger partial charge is 0.408 e. The molecule has 3 rings (SSSR count). The molecule has 2 atom stereocenters. The number of ether oxygens (including phenoxy) is 1. The first kappa shape index (κ1) is 9.70. The summed E-state index contributed by atoms with van der Waals surface area (Å²) in [4.78, 5) is 11.5. The highest BCUT2D eigenvalue weighted by Gasteiger charge is 2.50. The summed E-state index contributed by atoms with van der Waals surface area (Å²) in [5, 5.41) is 3.02. The van der Waals surface area contributed by atoms with Gasteiger partial charge in [-0.2, -0.15) is 0 Å². The molecule has 1 aromatic rings. The van der Waals surface area contributed by atoms with Crippen LogP contribution in [-0.2, 0) is 10.3 Å². The second-order valence-electron chi connectivity index (χ2n) is 4.60. The molecule has 1 N–H and O–H groups in total. The Bertz CT molecular complexity index is 404. The van der Waals surface area contributed by atoms with Crippen LogP contribution in [0.5, 0.6) is 0 Å². The molecule has 3 heteroatoms. The number of carbonyl (C=O) groups is 1. The van der Waals surface area contributed by atoms with Crippen LogP contribution >= 0.6 is 0 Å². The Labute approximate surface area is 94.8 Å². The molecule has 1 aromatic carbocycles. The second kappa shape index (κ2) is 3.51. The molecule has 1 aliphatic carbocycles. The van der Waals surface area contributed by atoms with Crippen LogP contribution in [0.25, 0.3) is 0 Å². The van der Waals surface area contributed by atoms with Crippen molar-refractivity contribution in [3.63, 3.8) is 0 Å². The molecule has 84 valence electrons. The van der Waals surface area contributed by atoms with Crippen LogP contribution in [0.15, 0.2) is 30.3 Å². The minimum absolute atomic E-state index is 0.0103. The van der Waals surface area contributed by atoms with Crippen molar-refractivity contribution >= 4 is 6.09 Å². The molecule has 0 radical (unpaired) electrons. The van der Waals surface area contributed by atoms with Gasteiger partial charge in [-0.05, 0) is 24.8 Å². The van der Waals surface area contributed by atoms with Crippen LogP contribution in [-0.4, -0.2) is 12.2 Å². The summed E-state index contributed by atoms with van der Waals surface area (Å²) in [6, 6.07) is 10.2. The first-order chi connectivity index (χ1) is 7.81. The van der Waals surface area contributed by atoms with E-state index in [9.17, 15) is 4.79 Å². The molecular weight excluding hydrogens is 202 g/mol. The monoisotopic (exact) mass is 217 g/mol. The maximum absolute atomic E-state index is 11.5. The average molecular weight is 217 g/mol. The van der Waals surface area contributed by atoms with Gasteiger partial charge >= 0.3 is 6.09 Å². The van der Waals surface area contributed by atoms with Gasteiger partial charge in [0.1, 0.15) is 11.6 Å². The number of nitrogens with one attached hydrogen (secondary N) is 1.